The quantitative estimate of drug-likeness (QED) is 0.527. The number of halogens is 2. The van der Waals surface area contributed by atoms with Crippen molar-refractivity contribution < 1.29 is 19.1 Å². The fraction of sp³-hybridized carbons (Fsp3) is 0.304. The van der Waals surface area contributed by atoms with Crippen molar-refractivity contribution in [2.75, 3.05) is 39.1 Å². The van der Waals surface area contributed by atoms with Crippen LogP contribution in [0, 0.1) is 0 Å². The Labute approximate surface area is 206 Å². The Morgan fingerprint density at radius 3 is 2.79 bits per heavy atom. The molecule has 1 fully saturated rings. The predicted octanol–water partition coefficient (Wildman–Crippen LogP) is 2.78. The minimum Gasteiger partial charge on any atom is -0.482 e. The highest BCUT2D eigenvalue weighted by Gasteiger charge is 2.37. The molecule has 178 valence electrons. The number of anilines is 1. The maximum atomic E-state index is 13.3. The van der Waals surface area contributed by atoms with Gasteiger partial charge >= 0.3 is 0 Å². The van der Waals surface area contributed by atoms with Crippen LogP contribution in [0.2, 0.25) is 10.0 Å². The number of benzene rings is 2. The number of fused-ring (bicyclic) bond motifs is 1. The number of piperazine rings is 1. The number of hydrogen-bond acceptors (Lipinski definition) is 7. The zero-order valence-electron chi connectivity index (χ0n) is 18.4. The zero-order valence-corrected chi connectivity index (χ0v) is 19.9. The molecule has 11 heteroatoms. The molecule has 1 aliphatic rings. The third-order valence-corrected chi connectivity index (χ3v) is 6.13. The van der Waals surface area contributed by atoms with E-state index in [2.05, 4.69) is 9.97 Å². The van der Waals surface area contributed by atoms with Crippen LogP contribution < -0.4 is 10.5 Å². The van der Waals surface area contributed by atoms with E-state index in [4.69, 9.17) is 38.4 Å². The van der Waals surface area contributed by atoms with Crippen LogP contribution in [0.3, 0.4) is 0 Å². The molecule has 34 heavy (non-hydrogen) atoms. The topological polar surface area (TPSA) is 111 Å². The van der Waals surface area contributed by atoms with Crippen LogP contribution in [0.25, 0.3) is 10.9 Å². The van der Waals surface area contributed by atoms with Gasteiger partial charge in [0, 0.05) is 43.2 Å². The number of carbonyl (C=O) groups excluding carboxylic acids is 2. The Morgan fingerprint density at radius 2 is 2.00 bits per heavy atom. The van der Waals surface area contributed by atoms with Gasteiger partial charge in [-0.2, -0.15) is 0 Å². The average molecular weight is 504 g/mol. The number of amides is 2. The standard InChI is InChI=1S/C23H23Cl2N5O4/c1-33-11-19-23(32)29(10-14-2-4-16-18(8-14)27-13-28-22(16)26)6-7-30(19)21(31)12-34-20-9-15(24)3-5-17(20)25/h2-5,8-9,13,19H,6-7,10-12H2,1H3,(H2,26,27,28). The fourth-order valence-corrected chi connectivity index (χ4v) is 4.20. The predicted molar refractivity (Wildman–Crippen MR) is 129 cm³/mol. The molecule has 0 radical (unpaired) electrons. The van der Waals surface area contributed by atoms with E-state index in [1.165, 1.54) is 24.4 Å². The highest BCUT2D eigenvalue weighted by atomic mass is 35.5. The molecule has 3 aromatic rings. The Balaban J connectivity index is 1.45. The van der Waals surface area contributed by atoms with Gasteiger partial charge in [-0.25, -0.2) is 9.97 Å². The van der Waals surface area contributed by atoms with Gasteiger partial charge in [0.2, 0.25) is 5.91 Å². The van der Waals surface area contributed by atoms with E-state index in [1.54, 1.807) is 17.0 Å². The normalized spacial score (nSPS) is 16.2. The number of hydrogen-bond donors (Lipinski definition) is 1. The summed E-state index contributed by atoms with van der Waals surface area (Å²) in [5, 5.41) is 1.54. The zero-order chi connectivity index (χ0) is 24.2. The molecule has 2 amide bonds. The van der Waals surface area contributed by atoms with E-state index in [0.29, 0.717) is 46.8 Å². The molecule has 1 saturated heterocycles. The molecule has 0 saturated carbocycles. The van der Waals surface area contributed by atoms with E-state index < -0.39 is 6.04 Å². The van der Waals surface area contributed by atoms with Gasteiger partial charge in [0.05, 0.1) is 17.1 Å². The fourth-order valence-electron chi connectivity index (χ4n) is 3.87. The van der Waals surface area contributed by atoms with Crippen molar-refractivity contribution in [1.82, 2.24) is 19.8 Å². The molecule has 0 bridgehead atoms. The minimum atomic E-state index is -0.761. The smallest absolute Gasteiger partial charge is 0.261 e. The van der Waals surface area contributed by atoms with Gasteiger partial charge in [0.1, 0.15) is 23.9 Å². The second-order valence-electron chi connectivity index (χ2n) is 7.79. The summed E-state index contributed by atoms with van der Waals surface area (Å²) >= 11 is 12.1. The van der Waals surface area contributed by atoms with Gasteiger partial charge in [-0.15, -0.1) is 0 Å². The summed E-state index contributed by atoms with van der Waals surface area (Å²) in [7, 11) is 1.49. The maximum absolute atomic E-state index is 13.3. The molecule has 0 aliphatic carbocycles. The lowest BCUT2D eigenvalue weighted by Gasteiger charge is -2.40. The van der Waals surface area contributed by atoms with Crippen molar-refractivity contribution in [3.63, 3.8) is 0 Å². The molecule has 4 rings (SSSR count). The Bertz CT molecular complexity index is 1230. The summed E-state index contributed by atoms with van der Waals surface area (Å²) in [4.78, 5) is 37.6. The van der Waals surface area contributed by atoms with Crippen LogP contribution in [0.1, 0.15) is 5.56 Å². The third-order valence-electron chi connectivity index (χ3n) is 5.58. The minimum absolute atomic E-state index is 0.0699. The van der Waals surface area contributed by atoms with E-state index in [0.717, 1.165) is 10.9 Å². The molecular weight excluding hydrogens is 481 g/mol. The van der Waals surface area contributed by atoms with Crippen molar-refractivity contribution >= 4 is 51.7 Å². The van der Waals surface area contributed by atoms with E-state index in [1.807, 2.05) is 18.2 Å². The lowest BCUT2D eigenvalue weighted by Crippen LogP contribution is -2.60. The summed E-state index contributed by atoms with van der Waals surface area (Å²) in [5.41, 5.74) is 7.50. The number of nitrogens with two attached hydrogens (primary N) is 1. The monoisotopic (exact) mass is 503 g/mol. The van der Waals surface area contributed by atoms with Crippen molar-refractivity contribution in [2.24, 2.45) is 0 Å². The van der Waals surface area contributed by atoms with Crippen molar-refractivity contribution in [3.8, 4) is 5.75 Å². The molecule has 0 spiro atoms. The first-order valence-corrected chi connectivity index (χ1v) is 11.3. The maximum Gasteiger partial charge on any atom is 0.261 e. The van der Waals surface area contributed by atoms with Crippen LogP contribution >= 0.6 is 23.2 Å². The van der Waals surface area contributed by atoms with Gasteiger partial charge in [0.25, 0.3) is 5.91 Å². The first-order chi connectivity index (χ1) is 16.4. The van der Waals surface area contributed by atoms with Gasteiger partial charge in [-0.05, 0) is 29.8 Å². The third kappa shape index (κ3) is 5.16. The summed E-state index contributed by atoms with van der Waals surface area (Å²) < 4.78 is 10.8. The first-order valence-electron chi connectivity index (χ1n) is 10.5. The molecule has 1 aromatic heterocycles. The summed E-state index contributed by atoms with van der Waals surface area (Å²) in [6.45, 7) is 0.871. The molecule has 1 aliphatic heterocycles. The van der Waals surface area contributed by atoms with Crippen LogP contribution in [-0.4, -0.2) is 71.0 Å². The second-order valence-corrected chi connectivity index (χ2v) is 8.64. The SMILES string of the molecule is COCC1C(=O)N(Cc2ccc3c(N)ncnc3c2)CCN1C(=O)COc1cc(Cl)ccc1Cl. The molecule has 1 atom stereocenters. The van der Waals surface area contributed by atoms with Crippen LogP contribution in [0.15, 0.2) is 42.7 Å². The second kappa shape index (κ2) is 10.4. The summed E-state index contributed by atoms with van der Waals surface area (Å²) in [5.74, 6) is 0.159. The van der Waals surface area contributed by atoms with E-state index in [-0.39, 0.29) is 25.0 Å². The van der Waals surface area contributed by atoms with Gasteiger partial charge in [0.15, 0.2) is 6.61 Å². The molecule has 9 nitrogen and oxygen atoms in total. The molecule has 2 aromatic carbocycles. The van der Waals surface area contributed by atoms with E-state index >= 15 is 0 Å². The van der Waals surface area contributed by atoms with Crippen LogP contribution in [0.4, 0.5) is 5.82 Å². The number of methoxy groups -OCH3 is 1. The summed E-state index contributed by atoms with van der Waals surface area (Å²) in [6.07, 6.45) is 1.41. The first kappa shape index (κ1) is 24.0. The average Bonchev–Trinajstić information content (AvgIpc) is 2.82. The number of nitrogens with zero attached hydrogens (tertiary/aromatic N) is 4. The number of aromatic nitrogens is 2. The molecule has 1 unspecified atom stereocenters. The van der Waals surface area contributed by atoms with Crippen molar-refractivity contribution in [1.29, 1.82) is 0 Å². The van der Waals surface area contributed by atoms with Gasteiger partial charge < -0.3 is 25.0 Å². The van der Waals surface area contributed by atoms with Crippen molar-refractivity contribution in [2.45, 2.75) is 12.6 Å². The largest absolute Gasteiger partial charge is 0.482 e. The van der Waals surface area contributed by atoms with E-state index in [9.17, 15) is 9.59 Å². The lowest BCUT2D eigenvalue weighted by atomic mass is 10.1. The molecule has 2 N–H and O–H groups in total. The number of ether oxygens (including phenoxy) is 2. The lowest BCUT2D eigenvalue weighted by molar-refractivity contribution is -0.155. The van der Waals surface area contributed by atoms with Crippen LogP contribution in [0.5, 0.6) is 5.75 Å². The number of nitrogen functional groups attached to an aromatic ring is 1. The molecular formula is C23H23Cl2N5O4. The Morgan fingerprint density at radius 1 is 1.18 bits per heavy atom. The Kier molecular flexibility index (Phi) is 7.35. The number of rotatable bonds is 7. The highest BCUT2D eigenvalue weighted by molar-refractivity contribution is 6.34. The highest BCUT2D eigenvalue weighted by Crippen LogP contribution is 2.28. The summed E-state index contributed by atoms with van der Waals surface area (Å²) in [6, 6.07) is 9.61. The van der Waals surface area contributed by atoms with Gasteiger partial charge in [-0.1, -0.05) is 29.3 Å². The van der Waals surface area contributed by atoms with Gasteiger partial charge in [-0.3, -0.25) is 9.59 Å². The van der Waals surface area contributed by atoms with Crippen molar-refractivity contribution in [3.05, 3.63) is 58.3 Å². The Hall–Kier alpha value is -3.14. The number of carbonyl (C=O) groups is 2. The van der Waals surface area contributed by atoms with Crippen LogP contribution in [-0.2, 0) is 20.9 Å². The molecule has 2 heterocycles.